The molecule has 2 aliphatic rings. The van der Waals surface area contributed by atoms with Gasteiger partial charge in [0.1, 0.15) is 5.84 Å². The van der Waals surface area contributed by atoms with Crippen molar-refractivity contribution in [3.8, 4) is 0 Å². The summed E-state index contributed by atoms with van der Waals surface area (Å²) < 4.78 is 0. The first-order valence-electron chi connectivity index (χ1n) is 7.89. The fourth-order valence-corrected chi connectivity index (χ4v) is 3.11. The lowest BCUT2D eigenvalue weighted by Crippen LogP contribution is -2.34. The number of fused-ring (bicyclic) bond motifs is 1. The molecule has 0 fully saturated rings. The van der Waals surface area contributed by atoms with Crippen LogP contribution in [0.25, 0.3) is 0 Å². The van der Waals surface area contributed by atoms with Crippen LogP contribution in [0.4, 0.5) is 0 Å². The Hall–Kier alpha value is -1.83. The number of rotatable bonds is 2. The molecule has 0 radical (unpaired) electrons. The molecule has 0 saturated carbocycles. The van der Waals surface area contributed by atoms with Gasteiger partial charge in [0.15, 0.2) is 0 Å². The number of hydrogen-bond acceptors (Lipinski definition) is 2. The number of hydrogen-bond donors (Lipinski definition) is 1. The molecule has 2 heterocycles. The second kappa shape index (κ2) is 5.51. The lowest BCUT2D eigenvalue weighted by atomic mass is 9.83. The van der Waals surface area contributed by atoms with Crippen LogP contribution in [-0.4, -0.2) is 11.9 Å². The van der Waals surface area contributed by atoms with Crippen molar-refractivity contribution in [3.05, 3.63) is 58.3 Å². The van der Waals surface area contributed by atoms with Crippen LogP contribution in [0.5, 0.6) is 0 Å². The highest BCUT2D eigenvalue weighted by Gasteiger charge is 2.27. The highest BCUT2D eigenvalue weighted by molar-refractivity contribution is 6.02. The van der Waals surface area contributed by atoms with Gasteiger partial charge in [-0.1, -0.05) is 37.3 Å². The van der Waals surface area contributed by atoms with Crippen molar-refractivity contribution in [2.45, 2.75) is 52.5 Å². The minimum Gasteiger partial charge on any atom is -0.344 e. The van der Waals surface area contributed by atoms with E-state index < -0.39 is 0 Å². The van der Waals surface area contributed by atoms with Crippen molar-refractivity contribution in [2.24, 2.45) is 4.99 Å². The molecule has 21 heavy (non-hydrogen) atoms. The first kappa shape index (κ1) is 14.1. The third-order valence-corrected chi connectivity index (χ3v) is 4.62. The molecule has 0 amide bonds. The van der Waals surface area contributed by atoms with Gasteiger partial charge in [-0.05, 0) is 50.3 Å². The van der Waals surface area contributed by atoms with E-state index >= 15 is 0 Å². The van der Waals surface area contributed by atoms with Crippen LogP contribution in [0.1, 0.15) is 49.3 Å². The van der Waals surface area contributed by atoms with Crippen molar-refractivity contribution in [3.63, 3.8) is 0 Å². The van der Waals surface area contributed by atoms with Crippen LogP contribution >= 0.6 is 0 Å². The molecule has 0 aliphatic carbocycles. The fraction of sp³-hybridized carbons (Fsp3) is 0.421. The van der Waals surface area contributed by atoms with Gasteiger partial charge in [-0.25, -0.2) is 0 Å². The molecule has 2 aliphatic heterocycles. The molecule has 2 nitrogen and oxygen atoms in total. The fourth-order valence-electron chi connectivity index (χ4n) is 3.11. The maximum Gasteiger partial charge on any atom is 0.129 e. The van der Waals surface area contributed by atoms with E-state index in [1.807, 2.05) is 0 Å². The largest absolute Gasteiger partial charge is 0.344 e. The summed E-state index contributed by atoms with van der Waals surface area (Å²) in [5.41, 5.74) is 6.62. The van der Waals surface area contributed by atoms with E-state index in [4.69, 9.17) is 4.99 Å². The third kappa shape index (κ3) is 2.67. The number of aryl methyl sites for hydroxylation is 2. The van der Waals surface area contributed by atoms with Crippen LogP contribution in [0.15, 0.2) is 46.6 Å². The zero-order chi connectivity index (χ0) is 15.0. The van der Waals surface area contributed by atoms with Gasteiger partial charge in [-0.2, -0.15) is 0 Å². The number of nitrogens with zero attached hydrogens (tertiary/aromatic N) is 1. The Bertz CT molecular complexity index is 650. The van der Waals surface area contributed by atoms with E-state index in [9.17, 15) is 0 Å². The quantitative estimate of drug-likeness (QED) is 0.853. The Morgan fingerprint density at radius 3 is 2.71 bits per heavy atom. The van der Waals surface area contributed by atoms with E-state index in [2.05, 4.69) is 63.4 Å². The molecule has 1 aromatic rings. The van der Waals surface area contributed by atoms with Crippen LogP contribution in [0.2, 0.25) is 0 Å². The second-order valence-electron chi connectivity index (χ2n) is 6.23. The van der Waals surface area contributed by atoms with Crippen LogP contribution in [-0.2, 0) is 0 Å². The van der Waals surface area contributed by atoms with E-state index in [1.165, 1.54) is 28.0 Å². The Morgan fingerprint density at radius 1 is 1.19 bits per heavy atom. The molecule has 0 bridgehead atoms. The Kier molecular flexibility index (Phi) is 3.71. The SMILES string of the molecule is CCC1CC=C2C(=N1)NC(C)=CC2c1ccc(C)c(C)c1. The predicted octanol–water partition coefficient (Wildman–Crippen LogP) is 4.40. The highest BCUT2D eigenvalue weighted by Crippen LogP contribution is 2.34. The summed E-state index contributed by atoms with van der Waals surface area (Å²) in [4.78, 5) is 4.88. The Morgan fingerprint density at radius 2 is 2.00 bits per heavy atom. The monoisotopic (exact) mass is 280 g/mol. The van der Waals surface area contributed by atoms with E-state index in [0.29, 0.717) is 12.0 Å². The van der Waals surface area contributed by atoms with Crippen molar-refractivity contribution < 1.29 is 0 Å². The highest BCUT2D eigenvalue weighted by atomic mass is 15.0. The summed E-state index contributed by atoms with van der Waals surface area (Å²) in [6.45, 7) is 8.69. The molecule has 2 unspecified atom stereocenters. The van der Waals surface area contributed by atoms with Gasteiger partial charge in [0, 0.05) is 17.2 Å². The van der Waals surface area contributed by atoms with E-state index in [-0.39, 0.29) is 0 Å². The summed E-state index contributed by atoms with van der Waals surface area (Å²) >= 11 is 0. The summed E-state index contributed by atoms with van der Waals surface area (Å²) in [7, 11) is 0. The first-order chi connectivity index (χ1) is 10.1. The van der Waals surface area contributed by atoms with Gasteiger partial charge in [0.2, 0.25) is 0 Å². The minimum absolute atomic E-state index is 0.335. The number of amidine groups is 1. The average molecular weight is 280 g/mol. The standard InChI is InChI=1S/C19H24N2/c1-5-16-8-9-17-18(11-14(4)20-19(17)21-16)15-7-6-12(2)13(3)10-15/h6-7,9-11,16,18H,5,8H2,1-4H3,(H,20,21). The van der Waals surface area contributed by atoms with E-state index in [1.54, 1.807) is 0 Å². The van der Waals surface area contributed by atoms with Gasteiger partial charge in [-0.3, -0.25) is 4.99 Å². The molecule has 3 rings (SSSR count). The lowest BCUT2D eigenvalue weighted by Gasteiger charge is -2.31. The summed E-state index contributed by atoms with van der Waals surface area (Å²) in [6, 6.07) is 7.24. The predicted molar refractivity (Wildman–Crippen MR) is 89.8 cm³/mol. The Balaban J connectivity index is 2.02. The third-order valence-electron chi connectivity index (χ3n) is 4.62. The number of allylic oxidation sites excluding steroid dienone is 2. The Labute approximate surface area is 127 Å². The molecule has 2 heteroatoms. The van der Waals surface area contributed by atoms with Crippen molar-refractivity contribution >= 4 is 5.84 Å². The van der Waals surface area contributed by atoms with Crippen LogP contribution in [0.3, 0.4) is 0 Å². The molecule has 1 aromatic carbocycles. The summed E-state index contributed by atoms with van der Waals surface area (Å²) in [6.07, 6.45) is 6.87. The number of dihydropyridines is 1. The van der Waals surface area contributed by atoms with E-state index in [0.717, 1.165) is 18.7 Å². The van der Waals surface area contributed by atoms with Gasteiger partial charge >= 0.3 is 0 Å². The van der Waals surface area contributed by atoms with Crippen molar-refractivity contribution in [1.29, 1.82) is 0 Å². The molecular formula is C19H24N2. The number of nitrogens with one attached hydrogen (secondary N) is 1. The molecule has 0 saturated heterocycles. The summed E-state index contributed by atoms with van der Waals surface area (Å²) in [5, 5.41) is 3.45. The molecule has 110 valence electrons. The van der Waals surface area contributed by atoms with Gasteiger partial charge in [0.05, 0.1) is 6.04 Å². The second-order valence-corrected chi connectivity index (χ2v) is 6.23. The normalized spacial score (nSPS) is 24.5. The smallest absolute Gasteiger partial charge is 0.129 e. The van der Waals surface area contributed by atoms with Gasteiger partial charge in [0.25, 0.3) is 0 Å². The van der Waals surface area contributed by atoms with Crippen LogP contribution < -0.4 is 5.32 Å². The van der Waals surface area contributed by atoms with Crippen LogP contribution in [0, 0.1) is 13.8 Å². The van der Waals surface area contributed by atoms with Gasteiger partial charge < -0.3 is 5.32 Å². The average Bonchev–Trinajstić information content (AvgIpc) is 2.48. The maximum atomic E-state index is 4.88. The number of benzene rings is 1. The van der Waals surface area contributed by atoms with Crippen molar-refractivity contribution in [1.82, 2.24) is 5.32 Å². The minimum atomic E-state index is 0.335. The van der Waals surface area contributed by atoms with Gasteiger partial charge in [-0.15, -0.1) is 0 Å². The first-order valence-corrected chi connectivity index (χ1v) is 7.89. The lowest BCUT2D eigenvalue weighted by molar-refractivity contribution is 0.642. The molecule has 1 N–H and O–H groups in total. The topological polar surface area (TPSA) is 24.4 Å². The molecule has 0 spiro atoms. The zero-order valence-electron chi connectivity index (χ0n) is 13.4. The molecule has 2 atom stereocenters. The molecular weight excluding hydrogens is 256 g/mol. The van der Waals surface area contributed by atoms with Crippen molar-refractivity contribution in [2.75, 3.05) is 0 Å². The summed E-state index contributed by atoms with van der Waals surface area (Å²) in [5.74, 6) is 1.42. The zero-order valence-corrected chi connectivity index (χ0v) is 13.4. The number of aliphatic imine (C=N–C) groups is 1. The molecule has 0 aromatic heterocycles. The maximum absolute atomic E-state index is 4.88.